The number of fused-ring (bicyclic) bond motifs is 1. The van der Waals surface area contributed by atoms with Crippen molar-refractivity contribution in [3.8, 4) is 17.1 Å². The van der Waals surface area contributed by atoms with E-state index in [0.717, 1.165) is 22.3 Å². The van der Waals surface area contributed by atoms with Gasteiger partial charge in [-0.15, -0.1) is 0 Å². The van der Waals surface area contributed by atoms with Gasteiger partial charge in [0.25, 0.3) is 0 Å². The van der Waals surface area contributed by atoms with E-state index in [4.69, 9.17) is 4.74 Å². The Morgan fingerprint density at radius 2 is 2.16 bits per heavy atom. The van der Waals surface area contributed by atoms with E-state index in [1.165, 1.54) is 0 Å². The Balaban J connectivity index is 2.21. The first kappa shape index (κ1) is 11.7. The molecule has 1 N–H and O–H groups in total. The molecule has 0 bridgehead atoms. The van der Waals surface area contributed by atoms with Crippen molar-refractivity contribution in [3.05, 3.63) is 54.4 Å². The molecule has 3 heterocycles. The van der Waals surface area contributed by atoms with Gasteiger partial charge in [-0.05, 0) is 24.3 Å². The molecule has 0 aliphatic heterocycles. The zero-order valence-corrected chi connectivity index (χ0v) is 10.6. The summed E-state index contributed by atoms with van der Waals surface area (Å²) < 4.78 is 7.11. The van der Waals surface area contributed by atoms with E-state index in [9.17, 15) is 5.11 Å². The van der Waals surface area contributed by atoms with Crippen LogP contribution < -0.4 is 4.74 Å². The van der Waals surface area contributed by atoms with Crippen molar-refractivity contribution < 1.29 is 9.84 Å². The van der Waals surface area contributed by atoms with Gasteiger partial charge in [-0.2, -0.15) is 0 Å². The maximum Gasteiger partial charge on any atom is 0.212 e. The number of hydrogen-bond acceptors (Lipinski definition) is 3. The Kier molecular flexibility index (Phi) is 2.93. The molecule has 0 saturated heterocycles. The average Bonchev–Trinajstić information content (AvgIpc) is 2.86. The maximum absolute atomic E-state index is 9.52. The average molecular weight is 254 g/mol. The molecule has 3 aromatic rings. The lowest BCUT2D eigenvalue weighted by molar-refractivity contribution is 0.282. The Bertz CT molecular complexity index is 702. The quantitative estimate of drug-likeness (QED) is 0.781. The van der Waals surface area contributed by atoms with Crippen LogP contribution in [0.5, 0.6) is 5.88 Å². The normalized spacial score (nSPS) is 10.8. The molecule has 0 aliphatic rings. The number of hydrogen-bond donors (Lipinski definition) is 1. The summed E-state index contributed by atoms with van der Waals surface area (Å²) in [6.45, 7) is 0.00302. The summed E-state index contributed by atoms with van der Waals surface area (Å²) >= 11 is 0. The number of aromatic nitrogens is 2. The van der Waals surface area contributed by atoms with Crippen molar-refractivity contribution in [2.75, 3.05) is 7.11 Å². The van der Waals surface area contributed by atoms with Crippen molar-refractivity contribution in [2.45, 2.75) is 6.61 Å². The molecule has 0 aromatic carbocycles. The highest BCUT2D eigenvalue weighted by Crippen LogP contribution is 2.28. The monoisotopic (exact) mass is 254 g/mol. The third-order valence-electron chi connectivity index (χ3n) is 3.15. The van der Waals surface area contributed by atoms with Gasteiger partial charge in [0.2, 0.25) is 5.88 Å². The standard InChI is InChI=1S/C15H14N2O2/c1-19-14-6-5-11(9-16-14)15-12(10-18)8-13-4-2-3-7-17(13)15/h2-9,18H,10H2,1H3. The van der Waals surface area contributed by atoms with Crippen molar-refractivity contribution in [2.24, 2.45) is 0 Å². The van der Waals surface area contributed by atoms with Crippen LogP contribution in [0, 0.1) is 0 Å². The molecule has 0 saturated carbocycles. The van der Waals surface area contributed by atoms with Crippen LogP contribution in [0.4, 0.5) is 0 Å². The molecule has 4 heteroatoms. The van der Waals surface area contributed by atoms with Gasteiger partial charge in [0.1, 0.15) is 0 Å². The van der Waals surface area contributed by atoms with Gasteiger partial charge >= 0.3 is 0 Å². The first-order valence-corrected chi connectivity index (χ1v) is 6.03. The summed E-state index contributed by atoms with van der Waals surface area (Å²) in [7, 11) is 1.59. The first-order chi connectivity index (χ1) is 9.33. The predicted molar refractivity (Wildman–Crippen MR) is 73.1 cm³/mol. The number of aliphatic hydroxyl groups excluding tert-OH is 1. The smallest absolute Gasteiger partial charge is 0.212 e. The molecule has 0 amide bonds. The lowest BCUT2D eigenvalue weighted by atomic mass is 10.1. The fraction of sp³-hybridized carbons (Fsp3) is 0.133. The van der Waals surface area contributed by atoms with E-state index in [0.29, 0.717) is 5.88 Å². The minimum Gasteiger partial charge on any atom is -0.481 e. The summed E-state index contributed by atoms with van der Waals surface area (Å²) in [5.41, 5.74) is 3.86. The van der Waals surface area contributed by atoms with E-state index in [1.807, 2.05) is 42.6 Å². The van der Waals surface area contributed by atoms with Gasteiger partial charge in [-0.25, -0.2) is 4.98 Å². The number of aliphatic hydroxyl groups is 1. The van der Waals surface area contributed by atoms with Gasteiger partial charge in [0, 0.05) is 35.1 Å². The summed E-state index contributed by atoms with van der Waals surface area (Å²) in [6.07, 6.45) is 3.74. The number of methoxy groups -OCH3 is 1. The lowest BCUT2D eigenvalue weighted by Crippen LogP contribution is -1.93. The van der Waals surface area contributed by atoms with Crippen LogP contribution in [0.3, 0.4) is 0 Å². The fourth-order valence-corrected chi connectivity index (χ4v) is 2.27. The van der Waals surface area contributed by atoms with Crippen LogP contribution in [-0.4, -0.2) is 21.6 Å². The fourth-order valence-electron chi connectivity index (χ4n) is 2.27. The second-order valence-electron chi connectivity index (χ2n) is 4.26. The van der Waals surface area contributed by atoms with Crippen molar-refractivity contribution in [1.82, 2.24) is 9.38 Å². The largest absolute Gasteiger partial charge is 0.481 e. The van der Waals surface area contributed by atoms with E-state index in [-0.39, 0.29) is 6.61 Å². The molecule has 96 valence electrons. The van der Waals surface area contributed by atoms with E-state index in [2.05, 4.69) is 9.38 Å². The highest BCUT2D eigenvalue weighted by Gasteiger charge is 2.11. The van der Waals surface area contributed by atoms with Gasteiger partial charge in [0.15, 0.2) is 0 Å². The molecule has 0 unspecified atom stereocenters. The van der Waals surface area contributed by atoms with Crippen molar-refractivity contribution in [3.63, 3.8) is 0 Å². The van der Waals surface area contributed by atoms with E-state index >= 15 is 0 Å². The minimum atomic E-state index is 0.00302. The van der Waals surface area contributed by atoms with Gasteiger partial charge in [-0.1, -0.05) is 6.07 Å². The molecule has 0 spiro atoms. The summed E-state index contributed by atoms with van der Waals surface area (Å²) in [4.78, 5) is 4.22. The van der Waals surface area contributed by atoms with Gasteiger partial charge in [0.05, 0.1) is 19.4 Å². The van der Waals surface area contributed by atoms with Crippen molar-refractivity contribution >= 4 is 5.52 Å². The molecular formula is C15H14N2O2. The van der Waals surface area contributed by atoms with Crippen LogP contribution in [0.2, 0.25) is 0 Å². The van der Waals surface area contributed by atoms with Crippen LogP contribution in [0.1, 0.15) is 5.56 Å². The number of rotatable bonds is 3. The van der Waals surface area contributed by atoms with Gasteiger partial charge in [-0.3, -0.25) is 0 Å². The number of pyridine rings is 2. The second kappa shape index (κ2) is 4.74. The van der Waals surface area contributed by atoms with Crippen LogP contribution in [0.25, 0.3) is 16.8 Å². The molecule has 0 aliphatic carbocycles. The van der Waals surface area contributed by atoms with Crippen LogP contribution in [0.15, 0.2) is 48.8 Å². The topological polar surface area (TPSA) is 46.8 Å². The molecule has 4 nitrogen and oxygen atoms in total. The Labute approximate surface area is 110 Å². The Morgan fingerprint density at radius 1 is 1.26 bits per heavy atom. The third-order valence-corrected chi connectivity index (χ3v) is 3.15. The molecule has 0 atom stereocenters. The summed E-state index contributed by atoms with van der Waals surface area (Å²) in [5, 5.41) is 9.52. The highest BCUT2D eigenvalue weighted by atomic mass is 16.5. The molecule has 3 aromatic heterocycles. The summed E-state index contributed by atoms with van der Waals surface area (Å²) in [5.74, 6) is 0.579. The molecule has 19 heavy (non-hydrogen) atoms. The zero-order valence-electron chi connectivity index (χ0n) is 10.6. The Hall–Kier alpha value is -2.33. The Morgan fingerprint density at radius 3 is 2.84 bits per heavy atom. The number of ether oxygens (including phenoxy) is 1. The molecule has 3 rings (SSSR count). The minimum absolute atomic E-state index is 0.00302. The van der Waals surface area contributed by atoms with Crippen LogP contribution in [-0.2, 0) is 6.61 Å². The highest BCUT2D eigenvalue weighted by molar-refractivity contribution is 5.71. The van der Waals surface area contributed by atoms with E-state index < -0.39 is 0 Å². The molecular weight excluding hydrogens is 240 g/mol. The summed E-state index contributed by atoms with van der Waals surface area (Å²) in [6, 6.07) is 11.7. The lowest BCUT2D eigenvalue weighted by Gasteiger charge is -2.06. The number of nitrogens with zero attached hydrogens (tertiary/aromatic N) is 2. The molecule has 0 fully saturated rings. The second-order valence-corrected chi connectivity index (χ2v) is 4.26. The van der Waals surface area contributed by atoms with Crippen molar-refractivity contribution in [1.29, 1.82) is 0 Å². The van der Waals surface area contributed by atoms with E-state index in [1.54, 1.807) is 13.3 Å². The molecule has 0 radical (unpaired) electrons. The third kappa shape index (κ3) is 1.96. The first-order valence-electron chi connectivity index (χ1n) is 6.03. The SMILES string of the molecule is COc1ccc(-c2c(CO)cc3ccccn23)cn1. The maximum atomic E-state index is 9.52. The van der Waals surface area contributed by atoms with Crippen LogP contribution >= 0.6 is 0 Å². The van der Waals surface area contributed by atoms with Gasteiger partial charge < -0.3 is 14.2 Å². The predicted octanol–water partition coefficient (Wildman–Crippen LogP) is 2.50. The zero-order chi connectivity index (χ0) is 13.2.